The van der Waals surface area contributed by atoms with Gasteiger partial charge in [-0.2, -0.15) is 0 Å². The van der Waals surface area contributed by atoms with Crippen LogP contribution in [0.15, 0.2) is 18.3 Å². The Bertz CT molecular complexity index is 602. The van der Waals surface area contributed by atoms with Gasteiger partial charge in [-0.25, -0.2) is 4.98 Å². The summed E-state index contributed by atoms with van der Waals surface area (Å²) in [5.41, 5.74) is 4.14. The molecule has 2 rings (SSSR count). The number of aromatic amines is 1. The number of pyridine rings is 1. The number of nitrogens with zero attached hydrogens (tertiary/aromatic N) is 2. The number of H-pyrrole nitrogens is 1. The number of nitrogens with one attached hydrogen (secondary N) is 1. The number of rotatable bonds is 2. The van der Waals surface area contributed by atoms with Crippen LogP contribution in [-0.2, 0) is 6.42 Å². The molecule has 1 N–H and O–H groups in total. The molecule has 0 unspecified atom stereocenters. The Morgan fingerprint density at radius 1 is 1.35 bits per heavy atom. The van der Waals surface area contributed by atoms with Gasteiger partial charge in [-0.1, -0.05) is 25.2 Å². The summed E-state index contributed by atoms with van der Waals surface area (Å²) < 4.78 is 0.643. The van der Waals surface area contributed by atoms with Crippen LogP contribution in [0.3, 0.4) is 0 Å². The molecule has 3 nitrogen and oxygen atoms in total. The van der Waals surface area contributed by atoms with Gasteiger partial charge in [-0.05, 0) is 31.9 Å². The highest BCUT2D eigenvalue weighted by atomic mass is 32.1. The van der Waals surface area contributed by atoms with Gasteiger partial charge in [0.15, 0.2) is 5.82 Å². The highest BCUT2D eigenvalue weighted by molar-refractivity contribution is 7.71. The summed E-state index contributed by atoms with van der Waals surface area (Å²) in [4.78, 5) is 12.1. The summed E-state index contributed by atoms with van der Waals surface area (Å²) in [5.74, 6) is 0.760. The Hall–Kier alpha value is -1.55. The molecule has 0 aliphatic heterocycles. The van der Waals surface area contributed by atoms with Crippen LogP contribution in [0.5, 0.6) is 0 Å². The Balaban J connectivity index is 2.65. The summed E-state index contributed by atoms with van der Waals surface area (Å²) in [7, 11) is 0. The van der Waals surface area contributed by atoms with Crippen LogP contribution in [-0.4, -0.2) is 15.0 Å². The molecule has 0 aliphatic rings. The Morgan fingerprint density at radius 2 is 2.12 bits per heavy atom. The monoisotopic (exact) mass is 245 g/mol. The second-order valence-electron chi connectivity index (χ2n) is 4.01. The van der Waals surface area contributed by atoms with E-state index in [1.54, 1.807) is 6.20 Å². The minimum absolute atomic E-state index is 0.643. The van der Waals surface area contributed by atoms with E-state index in [4.69, 9.17) is 12.2 Å². The molecule has 0 spiro atoms. The summed E-state index contributed by atoms with van der Waals surface area (Å²) in [6, 6.07) is 4.01. The molecule has 17 heavy (non-hydrogen) atoms. The van der Waals surface area contributed by atoms with Crippen LogP contribution >= 0.6 is 12.2 Å². The molecule has 0 aliphatic carbocycles. The molecule has 0 aromatic carbocycles. The van der Waals surface area contributed by atoms with Gasteiger partial charge in [-0.3, -0.25) is 4.98 Å². The Kier molecular flexibility index (Phi) is 3.33. The van der Waals surface area contributed by atoms with Gasteiger partial charge in [0.05, 0.1) is 0 Å². The van der Waals surface area contributed by atoms with Crippen molar-refractivity contribution in [1.82, 2.24) is 15.0 Å². The van der Waals surface area contributed by atoms with E-state index in [-0.39, 0.29) is 0 Å². The number of aromatic nitrogens is 3. The third-order valence-electron chi connectivity index (χ3n) is 2.90. The number of hydrogen-bond donors (Lipinski definition) is 1. The van der Waals surface area contributed by atoms with E-state index in [0.29, 0.717) is 4.64 Å². The minimum atomic E-state index is 0.643. The first kappa shape index (κ1) is 11.9. The average molecular weight is 245 g/mol. The van der Waals surface area contributed by atoms with Crippen LogP contribution in [0.25, 0.3) is 11.5 Å². The number of hydrogen-bond acceptors (Lipinski definition) is 3. The quantitative estimate of drug-likeness (QED) is 0.825. The fraction of sp³-hybridized carbons (Fsp3) is 0.308. The molecule has 88 valence electrons. The molecule has 0 amide bonds. The molecule has 0 saturated heterocycles. The van der Waals surface area contributed by atoms with Crippen molar-refractivity contribution in [3.8, 4) is 11.5 Å². The highest BCUT2D eigenvalue weighted by Crippen LogP contribution is 2.19. The van der Waals surface area contributed by atoms with E-state index in [1.165, 1.54) is 5.56 Å². The van der Waals surface area contributed by atoms with Crippen LogP contribution in [0.2, 0.25) is 0 Å². The zero-order chi connectivity index (χ0) is 12.4. The van der Waals surface area contributed by atoms with E-state index >= 15 is 0 Å². The first-order valence-electron chi connectivity index (χ1n) is 5.65. The van der Waals surface area contributed by atoms with Gasteiger partial charge in [0, 0.05) is 17.5 Å². The lowest BCUT2D eigenvalue weighted by atomic mass is 10.1. The van der Waals surface area contributed by atoms with Crippen LogP contribution < -0.4 is 0 Å². The lowest BCUT2D eigenvalue weighted by Crippen LogP contribution is -2.00. The topological polar surface area (TPSA) is 41.6 Å². The molecular formula is C13H15N3S. The van der Waals surface area contributed by atoms with Crippen molar-refractivity contribution in [2.24, 2.45) is 0 Å². The third kappa shape index (κ3) is 2.26. The largest absolute Gasteiger partial charge is 0.342 e. The van der Waals surface area contributed by atoms with Crippen molar-refractivity contribution in [3.63, 3.8) is 0 Å². The van der Waals surface area contributed by atoms with Crippen LogP contribution in [0.1, 0.15) is 23.7 Å². The van der Waals surface area contributed by atoms with Gasteiger partial charge in [0.2, 0.25) is 0 Å². The molecule has 0 fully saturated rings. The molecule has 0 atom stereocenters. The van der Waals surface area contributed by atoms with E-state index in [0.717, 1.165) is 29.2 Å². The van der Waals surface area contributed by atoms with Crippen molar-refractivity contribution in [3.05, 3.63) is 39.8 Å². The average Bonchev–Trinajstić information content (AvgIpc) is 2.35. The summed E-state index contributed by atoms with van der Waals surface area (Å²) in [5, 5.41) is 0. The second kappa shape index (κ2) is 4.75. The second-order valence-corrected chi connectivity index (χ2v) is 4.39. The molecule has 0 saturated carbocycles. The zero-order valence-electron chi connectivity index (χ0n) is 10.2. The normalized spacial score (nSPS) is 10.5. The Labute approximate surface area is 106 Å². The van der Waals surface area contributed by atoms with E-state index in [1.807, 2.05) is 19.9 Å². The first-order valence-corrected chi connectivity index (χ1v) is 6.06. The SMILES string of the molecule is CCc1cccnc1-c1nc(=S)c(C)c(C)[nH]1. The van der Waals surface area contributed by atoms with E-state index in [2.05, 4.69) is 27.9 Å². The summed E-state index contributed by atoms with van der Waals surface area (Å²) >= 11 is 5.25. The standard InChI is InChI=1S/C13H15N3S/c1-4-10-6-5-7-14-11(10)12-15-9(3)8(2)13(17)16-12/h5-7H,4H2,1-3H3,(H,15,16,17). The number of aryl methyl sites for hydroxylation is 2. The Morgan fingerprint density at radius 3 is 2.76 bits per heavy atom. The molecule has 2 aromatic rings. The lowest BCUT2D eigenvalue weighted by molar-refractivity contribution is 1.02. The van der Waals surface area contributed by atoms with E-state index < -0.39 is 0 Å². The van der Waals surface area contributed by atoms with E-state index in [9.17, 15) is 0 Å². The van der Waals surface area contributed by atoms with Crippen molar-refractivity contribution < 1.29 is 0 Å². The van der Waals surface area contributed by atoms with Gasteiger partial charge < -0.3 is 4.98 Å². The molecule has 0 radical (unpaired) electrons. The third-order valence-corrected chi connectivity index (χ3v) is 3.30. The maximum absolute atomic E-state index is 5.25. The van der Waals surface area contributed by atoms with Crippen molar-refractivity contribution >= 4 is 12.2 Å². The van der Waals surface area contributed by atoms with Crippen molar-refractivity contribution in [2.45, 2.75) is 27.2 Å². The van der Waals surface area contributed by atoms with Gasteiger partial charge >= 0.3 is 0 Å². The predicted molar refractivity (Wildman–Crippen MR) is 71.5 cm³/mol. The smallest absolute Gasteiger partial charge is 0.158 e. The van der Waals surface area contributed by atoms with Crippen LogP contribution in [0.4, 0.5) is 0 Å². The molecule has 2 aromatic heterocycles. The minimum Gasteiger partial charge on any atom is -0.342 e. The zero-order valence-corrected chi connectivity index (χ0v) is 11.1. The highest BCUT2D eigenvalue weighted by Gasteiger charge is 2.08. The van der Waals surface area contributed by atoms with Crippen molar-refractivity contribution in [1.29, 1.82) is 0 Å². The predicted octanol–water partition coefficient (Wildman–Crippen LogP) is 3.38. The van der Waals surface area contributed by atoms with Gasteiger partial charge in [0.25, 0.3) is 0 Å². The molecule has 0 bridgehead atoms. The maximum Gasteiger partial charge on any atom is 0.158 e. The van der Waals surface area contributed by atoms with Gasteiger partial charge in [0.1, 0.15) is 10.3 Å². The maximum atomic E-state index is 5.25. The lowest BCUT2D eigenvalue weighted by Gasteiger charge is -2.08. The van der Waals surface area contributed by atoms with Gasteiger partial charge in [-0.15, -0.1) is 0 Å². The fourth-order valence-corrected chi connectivity index (χ4v) is 1.94. The summed E-state index contributed by atoms with van der Waals surface area (Å²) in [6.45, 7) is 6.09. The fourth-order valence-electron chi connectivity index (χ4n) is 1.69. The van der Waals surface area contributed by atoms with Crippen LogP contribution in [0, 0.1) is 18.5 Å². The molecule has 2 heterocycles. The first-order chi connectivity index (χ1) is 8.13. The summed E-state index contributed by atoms with van der Waals surface area (Å²) in [6.07, 6.45) is 2.71. The molecular weight excluding hydrogens is 230 g/mol. The van der Waals surface area contributed by atoms with Crippen molar-refractivity contribution in [2.75, 3.05) is 0 Å². The molecule has 4 heteroatoms.